The van der Waals surface area contributed by atoms with Crippen molar-refractivity contribution in [2.45, 2.75) is 4.90 Å². The van der Waals surface area contributed by atoms with Gasteiger partial charge in [0.05, 0.1) is 5.39 Å². The van der Waals surface area contributed by atoms with Gasteiger partial charge in [-0.1, -0.05) is 0 Å². The van der Waals surface area contributed by atoms with Crippen molar-refractivity contribution in [1.29, 1.82) is 0 Å². The molecule has 72 valence electrons. The first-order valence-corrected chi connectivity index (χ1v) is 5.66. The van der Waals surface area contributed by atoms with Crippen LogP contribution in [-0.2, 0) is 11.2 Å². The fourth-order valence-corrected chi connectivity index (χ4v) is 2.12. The molecule has 0 aliphatic carbocycles. The molecule has 0 bridgehead atoms. The number of benzene rings is 1. The van der Waals surface area contributed by atoms with Crippen LogP contribution in [0, 0.1) is 0 Å². The van der Waals surface area contributed by atoms with E-state index < -0.39 is 11.2 Å². The number of fused-ring (bicyclic) bond motifs is 1. The lowest BCUT2D eigenvalue weighted by Crippen LogP contribution is -1.98. The predicted octanol–water partition coefficient (Wildman–Crippen LogP) is 1.68. The van der Waals surface area contributed by atoms with Gasteiger partial charge in [0.15, 0.2) is 4.90 Å². The fraction of sp³-hybridized carbons (Fsp3) is 0.100. The van der Waals surface area contributed by atoms with Crippen LogP contribution >= 0.6 is 0 Å². The summed E-state index contributed by atoms with van der Waals surface area (Å²) in [6.45, 7) is 0. The van der Waals surface area contributed by atoms with Gasteiger partial charge >= 0.3 is 0 Å². The van der Waals surface area contributed by atoms with E-state index >= 15 is 0 Å². The minimum Gasteiger partial charge on any atom is -0.612 e. The van der Waals surface area contributed by atoms with Gasteiger partial charge in [-0.3, -0.25) is 4.98 Å². The lowest BCUT2D eigenvalue weighted by molar-refractivity contribution is 0.480. The van der Waals surface area contributed by atoms with Gasteiger partial charge in [-0.05, 0) is 35.4 Å². The second-order valence-corrected chi connectivity index (χ2v) is 4.28. The van der Waals surface area contributed by atoms with Crippen molar-refractivity contribution in [1.82, 2.24) is 4.98 Å². The lowest BCUT2D eigenvalue weighted by atomic mass is 10.2. The summed E-state index contributed by atoms with van der Waals surface area (Å²) in [6, 6.07) is 6.75. The molecule has 2 rings (SSSR count). The molecule has 4 heteroatoms. The molecule has 1 aromatic carbocycles. The van der Waals surface area contributed by atoms with Gasteiger partial charge in [0.25, 0.3) is 0 Å². The summed E-state index contributed by atoms with van der Waals surface area (Å²) in [5.74, 6) is 0.120. The molecule has 0 fully saturated rings. The largest absolute Gasteiger partial charge is 0.612 e. The highest BCUT2D eigenvalue weighted by atomic mass is 32.2. The van der Waals surface area contributed by atoms with Gasteiger partial charge in [0.2, 0.25) is 0 Å². The normalized spacial score (nSPS) is 13.0. The Labute approximate surface area is 84.6 Å². The van der Waals surface area contributed by atoms with Gasteiger partial charge in [-0.25, -0.2) is 0 Å². The molecule has 1 aromatic heterocycles. The first kappa shape index (κ1) is 9.30. The molecule has 0 aliphatic heterocycles. The molecule has 0 amide bonds. The molecule has 0 saturated carbocycles. The third kappa shape index (κ3) is 1.42. The molecule has 0 radical (unpaired) electrons. The monoisotopic (exact) mass is 207 g/mol. The summed E-state index contributed by atoms with van der Waals surface area (Å²) >= 11 is -1.06. The molecular formula is C10H9NO2S. The van der Waals surface area contributed by atoms with E-state index in [2.05, 4.69) is 4.98 Å². The minimum atomic E-state index is -1.06. The van der Waals surface area contributed by atoms with Crippen molar-refractivity contribution in [2.75, 3.05) is 6.26 Å². The molecule has 2 aromatic rings. The van der Waals surface area contributed by atoms with Gasteiger partial charge in [0, 0.05) is 6.20 Å². The van der Waals surface area contributed by atoms with E-state index in [0.717, 1.165) is 5.39 Å². The minimum absolute atomic E-state index is 0.120. The highest BCUT2D eigenvalue weighted by Gasteiger charge is 2.12. The maximum absolute atomic E-state index is 11.4. The number of hydrogen-bond acceptors (Lipinski definition) is 3. The number of rotatable bonds is 1. The molecule has 1 N–H and O–H groups in total. The summed E-state index contributed by atoms with van der Waals surface area (Å²) in [5, 5.41) is 10.3. The summed E-state index contributed by atoms with van der Waals surface area (Å²) < 4.78 is 11.4. The quantitative estimate of drug-likeness (QED) is 0.724. The van der Waals surface area contributed by atoms with Crippen molar-refractivity contribution < 1.29 is 9.66 Å². The molecule has 0 aliphatic rings. The van der Waals surface area contributed by atoms with E-state index in [9.17, 15) is 9.66 Å². The van der Waals surface area contributed by atoms with E-state index in [0.29, 0.717) is 10.4 Å². The Morgan fingerprint density at radius 3 is 2.86 bits per heavy atom. The number of nitrogens with zero attached hydrogens (tertiary/aromatic N) is 1. The summed E-state index contributed by atoms with van der Waals surface area (Å²) in [7, 11) is 0. The fourth-order valence-electron chi connectivity index (χ4n) is 1.38. The standard InChI is InChI=1S/C10H9NO2S/c1-14(13)9-5-4-8(12)10-7(9)3-2-6-11-10/h2-6,12H,1H3. The van der Waals surface area contributed by atoms with Crippen molar-refractivity contribution in [3.63, 3.8) is 0 Å². The van der Waals surface area contributed by atoms with Gasteiger partial charge in [-0.15, -0.1) is 0 Å². The number of phenolic OH excluding ortho intramolecular Hbond substituents is 1. The number of phenols is 1. The summed E-state index contributed by atoms with van der Waals surface area (Å²) in [5.41, 5.74) is 0.500. The van der Waals surface area contributed by atoms with Crippen LogP contribution < -0.4 is 0 Å². The predicted molar refractivity (Wildman–Crippen MR) is 55.7 cm³/mol. The highest BCUT2D eigenvalue weighted by Crippen LogP contribution is 2.27. The van der Waals surface area contributed by atoms with Crippen LogP contribution in [0.5, 0.6) is 5.75 Å². The first-order valence-electron chi connectivity index (χ1n) is 4.10. The van der Waals surface area contributed by atoms with E-state index in [4.69, 9.17) is 0 Å². The van der Waals surface area contributed by atoms with Crippen molar-refractivity contribution in [2.24, 2.45) is 0 Å². The Morgan fingerprint density at radius 2 is 2.14 bits per heavy atom. The molecule has 3 nitrogen and oxygen atoms in total. The van der Waals surface area contributed by atoms with Crippen LogP contribution in [0.2, 0.25) is 0 Å². The summed E-state index contributed by atoms with van der Waals surface area (Å²) in [6.07, 6.45) is 3.21. The maximum atomic E-state index is 11.4. The Bertz CT molecular complexity index is 471. The Balaban J connectivity index is 2.82. The highest BCUT2D eigenvalue weighted by molar-refractivity contribution is 7.91. The molecule has 1 unspecified atom stereocenters. The zero-order valence-electron chi connectivity index (χ0n) is 7.60. The number of aromatic hydroxyl groups is 1. The zero-order valence-corrected chi connectivity index (χ0v) is 8.41. The van der Waals surface area contributed by atoms with E-state index in [1.807, 2.05) is 0 Å². The third-order valence-corrected chi connectivity index (χ3v) is 2.99. The average Bonchev–Trinajstić information content (AvgIpc) is 2.18. The number of pyridine rings is 1. The van der Waals surface area contributed by atoms with Gasteiger partial charge in [0.1, 0.15) is 17.5 Å². The van der Waals surface area contributed by atoms with Crippen molar-refractivity contribution in [3.8, 4) is 5.75 Å². The Hall–Kier alpha value is -1.26. The van der Waals surface area contributed by atoms with E-state index in [1.54, 1.807) is 30.7 Å². The lowest BCUT2D eigenvalue weighted by Gasteiger charge is -2.07. The molecule has 0 saturated heterocycles. The average molecular weight is 207 g/mol. The topological polar surface area (TPSA) is 56.2 Å². The van der Waals surface area contributed by atoms with E-state index in [-0.39, 0.29) is 5.75 Å². The molecule has 1 heterocycles. The second-order valence-electron chi connectivity index (χ2n) is 2.94. The molecular weight excluding hydrogens is 198 g/mol. The van der Waals surface area contributed by atoms with Crippen LogP contribution in [0.3, 0.4) is 0 Å². The Morgan fingerprint density at radius 1 is 1.36 bits per heavy atom. The SMILES string of the molecule is C[S+]([O-])c1ccc(O)c2ncccc12. The number of hydrogen-bond donors (Lipinski definition) is 1. The van der Waals surface area contributed by atoms with Crippen LogP contribution in [0.1, 0.15) is 0 Å². The van der Waals surface area contributed by atoms with Crippen LogP contribution in [0.4, 0.5) is 0 Å². The van der Waals surface area contributed by atoms with Crippen LogP contribution in [-0.4, -0.2) is 20.9 Å². The smallest absolute Gasteiger partial charge is 0.162 e. The van der Waals surface area contributed by atoms with Gasteiger partial charge in [-0.2, -0.15) is 0 Å². The molecule has 1 atom stereocenters. The van der Waals surface area contributed by atoms with E-state index in [1.165, 1.54) is 6.07 Å². The molecule has 14 heavy (non-hydrogen) atoms. The van der Waals surface area contributed by atoms with Crippen molar-refractivity contribution >= 4 is 22.1 Å². The zero-order chi connectivity index (χ0) is 10.1. The third-order valence-electron chi connectivity index (χ3n) is 2.02. The Kier molecular flexibility index (Phi) is 2.31. The second kappa shape index (κ2) is 3.48. The number of aromatic nitrogens is 1. The maximum Gasteiger partial charge on any atom is 0.162 e. The van der Waals surface area contributed by atoms with Crippen LogP contribution in [0.25, 0.3) is 10.9 Å². The van der Waals surface area contributed by atoms with Gasteiger partial charge < -0.3 is 9.66 Å². The first-order chi connectivity index (χ1) is 6.70. The summed E-state index contributed by atoms with van der Waals surface area (Å²) in [4.78, 5) is 4.74. The van der Waals surface area contributed by atoms with Crippen molar-refractivity contribution in [3.05, 3.63) is 30.5 Å². The van der Waals surface area contributed by atoms with Crippen LogP contribution in [0.15, 0.2) is 35.4 Å². The molecule has 0 spiro atoms.